The van der Waals surface area contributed by atoms with Gasteiger partial charge in [0, 0.05) is 24.1 Å². The summed E-state index contributed by atoms with van der Waals surface area (Å²) >= 11 is 1.30. The topological polar surface area (TPSA) is 33.1 Å². The second kappa shape index (κ2) is 4.67. The van der Waals surface area contributed by atoms with E-state index in [4.69, 9.17) is 0 Å². The molecule has 1 unspecified atom stereocenters. The molecule has 5 heteroatoms. The normalized spacial score (nSPS) is 12.7. The Hall–Kier alpha value is -1.33. The Bertz CT molecular complexity index is 473. The average Bonchev–Trinajstić information content (AvgIpc) is 2.75. The summed E-state index contributed by atoms with van der Waals surface area (Å²) in [5.74, 6) is -1.26. The van der Waals surface area contributed by atoms with Gasteiger partial charge in [0.15, 0.2) is 0 Å². The molecule has 1 heterocycles. The van der Waals surface area contributed by atoms with E-state index in [0.717, 1.165) is 6.07 Å². The van der Waals surface area contributed by atoms with Gasteiger partial charge in [-0.1, -0.05) is 6.07 Å². The molecule has 0 saturated carbocycles. The molecule has 0 aliphatic heterocycles. The number of aliphatic hydroxyl groups excluding tert-OH is 1. The zero-order valence-corrected chi connectivity index (χ0v) is 9.05. The summed E-state index contributed by atoms with van der Waals surface area (Å²) in [6.07, 6.45) is 0.823. The lowest BCUT2D eigenvalue weighted by Gasteiger charge is -2.08. The molecular formula is C11H9F2NOS. The third kappa shape index (κ3) is 2.43. The second-order valence-electron chi connectivity index (χ2n) is 3.33. The molecule has 2 nitrogen and oxygen atoms in total. The predicted octanol–water partition coefficient (Wildman–Crippen LogP) is 2.70. The van der Waals surface area contributed by atoms with E-state index in [1.165, 1.54) is 23.5 Å². The molecule has 0 saturated heterocycles. The van der Waals surface area contributed by atoms with Crippen molar-refractivity contribution in [2.75, 3.05) is 0 Å². The highest BCUT2D eigenvalue weighted by Gasteiger charge is 2.14. The molecule has 0 amide bonds. The Labute approximate surface area is 95.2 Å². The fourth-order valence-electron chi connectivity index (χ4n) is 1.38. The van der Waals surface area contributed by atoms with Crippen LogP contribution in [0.3, 0.4) is 0 Å². The van der Waals surface area contributed by atoms with Crippen molar-refractivity contribution < 1.29 is 13.9 Å². The first-order valence-corrected chi connectivity index (χ1v) is 5.56. The number of aromatic nitrogens is 1. The molecule has 0 fully saturated rings. The molecule has 1 aromatic carbocycles. The first-order chi connectivity index (χ1) is 7.66. The van der Waals surface area contributed by atoms with E-state index in [2.05, 4.69) is 4.98 Å². The van der Waals surface area contributed by atoms with E-state index in [-0.39, 0.29) is 12.0 Å². The lowest BCUT2D eigenvalue weighted by molar-refractivity contribution is 0.176. The summed E-state index contributed by atoms with van der Waals surface area (Å²) < 4.78 is 25.9. The van der Waals surface area contributed by atoms with Gasteiger partial charge in [0.2, 0.25) is 0 Å². The maximum absolute atomic E-state index is 13.3. The minimum atomic E-state index is -0.847. The maximum atomic E-state index is 13.3. The number of hydrogen-bond acceptors (Lipinski definition) is 3. The molecule has 0 aliphatic rings. The van der Waals surface area contributed by atoms with Crippen molar-refractivity contribution in [1.29, 1.82) is 0 Å². The van der Waals surface area contributed by atoms with Crippen molar-refractivity contribution >= 4 is 11.3 Å². The van der Waals surface area contributed by atoms with Crippen molar-refractivity contribution in [2.24, 2.45) is 0 Å². The second-order valence-corrected chi connectivity index (χ2v) is 4.25. The number of aliphatic hydroxyl groups is 1. The lowest BCUT2D eigenvalue weighted by Crippen LogP contribution is -2.03. The smallest absolute Gasteiger partial charge is 0.129 e. The fourth-order valence-corrected chi connectivity index (χ4v) is 2.01. The van der Waals surface area contributed by atoms with Crippen molar-refractivity contribution in [3.63, 3.8) is 0 Å². The molecule has 0 radical (unpaired) electrons. The third-order valence-electron chi connectivity index (χ3n) is 2.16. The van der Waals surface area contributed by atoms with Crippen LogP contribution in [-0.4, -0.2) is 10.1 Å². The minimum absolute atomic E-state index is 0.0969. The van der Waals surface area contributed by atoms with Crippen LogP contribution in [0.5, 0.6) is 0 Å². The zero-order valence-electron chi connectivity index (χ0n) is 8.23. The largest absolute Gasteiger partial charge is 0.386 e. The summed E-state index contributed by atoms with van der Waals surface area (Å²) in [6.45, 7) is 0. The first kappa shape index (κ1) is 11.2. The Morgan fingerprint density at radius 1 is 1.38 bits per heavy atom. The number of halogens is 2. The summed E-state index contributed by atoms with van der Waals surface area (Å²) in [7, 11) is 0. The molecule has 16 heavy (non-hydrogen) atoms. The summed E-state index contributed by atoms with van der Waals surface area (Å²) in [4.78, 5) is 3.93. The summed E-state index contributed by atoms with van der Waals surface area (Å²) in [6, 6.07) is 3.32. The van der Waals surface area contributed by atoms with Gasteiger partial charge >= 0.3 is 0 Å². The molecule has 84 valence electrons. The van der Waals surface area contributed by atoms with Crippen LogP contribution < -0.4 is 0 Å². The van der Waals surface area contributed by atoms with Crippen LogP contribution in [0.15, 0.2) is 29.8 Å². The standard InChI is InChI=1S/C11H9F2NOS/c12-8-2-1-7(9(13)6-8)5-10(15)11-14-3-4-16-11/h1-4,6,10,15H,5H2. The van der Waals surface area contributed by atoms with Gasteiger partial charge in [0.05, 0.1) is 0 Å². The third-order valence-corrected chi connectivity index (χ3v) is 3.04. The minimum Gasteiger partial charge on any atom is -0.386 e. The SMILES string of the molecule is OC(Cc1ccc(F)cc1F)c1nccs1. The van der Waals surface area contributed by atoms with Crippen molar-refractivity contribution in [3.8, 4) is 0 Å². The lowest BCUT2D eigenvalue weighted by atomic mass is 10.1. The van der Waals surface area contributed by atoms with Gasteiger partial charge < -0.3 is 5.11 Å². The molecule has 2 aromatic rings. The van der Waals surface area contributed by atoms with Crippen molar-refractivity contribution in [1.82, 2.24) is 4.98 Å². The Balaban J connectivity index is 2.15. The fraction of sp³-hybridized carbons (Fsp3) is 0.182. The van der Waals surface area contributed by atoms with Gasteiger partial charge in [-0.15, -0.1) is 11.3 Å². The molecule has 1 atom stereocenters. The zero-order chi connectivity index (χ0) is 11.5. The highest BCUT2D eigenvalue weighted by atomic mass is 32.1. The van der Waals surface area contributed by atoms with E-state index in [9.17, 15) is 13.9 Å². The van der Waals surface area contributed by atoms with Gasteiger partial charge in [0.25, 0.3) is 0 Å². The number of thiazole rings is 1. The predicted molar refractivity (Wildman–Crippen MR) is 57.1 cm³/mol. The molecule has 0 aliphatic carbocycles. The average molecular weight is 241 g/mol. The van der Waals surface area contributed by atoms with Crippen molar-refractivity contribution in [3.05, 3.63) is 52.0 Å². The first-order valence-electron chi connectivity index (χ1n) is 4.68. The molecule has 2 rings (SSSR count). The Morgan fingerprint density at radius 3 is 2.81 bits per heavy atom. The van der Waals surface area contributed by atoms with Crippen LogP contribution in [0, 0.1) is 11.6 Å². The van der Waals surface area contributed by atoms with E-state index in [0.29, 0.717) is 5.01 Å². The van der Waals surface area contributed by atoms with Crippen LogP contribution >= 0.6 is 11.3 Å². The monoisotopic (exact) mass is 241 g/mol. The molecular weight excluding hydrogens is 232 g/mol. The molecule has 0 spiro atoms. The van der Waals surface area contributed by atoms with Gasteiger partial charge in [-0.3, -0.25) is 0 Å². The van der Waals surface area contributed by atoms with Gasteiger partial charge in [0.1, 0.15) is 22.7 Å². The summed E-state index contributed by atoms with van der Waals surface area (Å²) in [5.41, 5.74) is 0.282. The maximum Gasteiger partial charge on any atom is 0.129 e. The van der Waals surface area contributed by atoms with Gasteiger partial charge in [-0.2, -0.15) is 0 Å². The van der Waals surface area contributed by atoms with Crippen LogP contribution in [0.2, 0.25) is 0 Å². The molecule has 0 bridgehead atoms. The number of benzene rings is 1. The quantitative estimate of drug-likeness (QED) is 0.896. The Kier molecular flexibility index (Phi) is 3.26. The van der Waals surface area contributed by atoms with Crippen LogP contribution in [0.4, 0.5) is 8.78 Å². The number of hydrogen-bond donors (Lipinski definition) is 1. The van der Waals surface area contributed by atoms with E-state index in [1.807, 2.05) is 0 Å². The van der Waals surface area contributed by atoms with Crippen molar-refractivity contribution in [2.45, 2.75) is 12.5 Å². The highest BCUT2D eigenvalue weighted by molar-refractivity contribution is 7.09. The van der Waals surface area contributed by atoms with E-state index >= 15 is 0 Å². The number of nitrogens with zero attached hydrogens (tertiary/aromatic N) is 1. The van der Waals surface area contributed by atoms with Crippen LogP contribution in [0.1, 0.15) is 16.7 Å². The molecule has 1 N–H and O–H groups in total. The highest BCUT2D eigenvalue weighted by Crippen LogP contribution is 2.21. The van der Waals surface area contributed by atoms with E-state index < -0.39 is 17.7 Å². The van der Waals surface area contributed by atoms with E-state index in [1.54, 1.807) is 11.6 Å². The van der Waals surface area contributed by atoms with Gasteiger partial charge in [-0.25, -0.2) is 13.8 Å². The Morgan fingerprint density at radius 2 is 2.19 bits per heavy atom. The van der Waals surface area contributed by atoms with Crippen LogP contribution in [-0.2, 0) is 6.42 Å². The molecule has 1 aromatic heterocycles. The summed E-state index contributed by atoms with van der Waals surface area (Å²) in [5, 5.41) is 12.0. The van der Waals surface area contributed by atoms with Crippen LogP contribution in [0.25, 0.3) is 0 Å². The number of rotatable bonds is 3. The van der Waals surface area contributed by atoms with Gasteiger partial charge in [-0.05, 0) is 11.6 Å².